The number of hydrogen-bond acceptors (Lipinski definition) is 3. The Hall–Kier alpha value is -2.34. The van der Waals surface area contributed by atoms with Crippen LogP contribution in [0.1, 0.15) is 44.2 Å². The van der Waals surface area contributed by atoms with Crippen LogP contribution in [0.15, 0.2) is 48.5 Å². The third kappa shape index (κ3) is 5.83. The first-order valence-electron chi connectivity index (χ1n) is 9.72. The van der Waals surface area contributed by atoms with E-state index in [0.717, 1.165) is 31.1 Å². The molecule has 0 saturated heterocycles. The molecule has 2 rings (SSSR count). The molecule has 1 amide bonds. The molecule has 6 heteroatoms. The van der Waals surface area contributed by atoms with Gasteiger partial charge in [-0.3, -0.25) is 9.10 Å². The van der Waals surface area contributed by atoms with Crippen LogP contribution in [0.5, 0.6) is 0 Å². The molecule has 2 aromatic carbocycles. The minimum absolute atomic E-state index is 0.338. The highest BCUT2D eigenvalue weighted by atomic mass is 32.2. The lowest BCUT2D eigenvalue weighted by Gasteiger charge is -2.30. The zero-order chi connectivity index (χ0) is 20.7. The molecular weight excluding hydrogens is 372 g/mol. The van der Waals surface area contributed by atoms with Crippen LogP contribution in [0.25, 0.3) is 0 Å². The Kier molecular flexibility index (Phi) is 7.63. The van der Waals surface area contributed by atoms with Gasteiger partial charge >= 0.3 is 0 Å². The Morgan fingerprint density at radius 2 is 1.64 bits per heavy atom. The van der Waals surface area contributed by atoms with Crippen LogP contribution in [0, 0.1) is 6.92 Å². The van der Waals surface area contributed by atoms with Crippen molar-refractivity contribution in [3.63, 3.8) is 0 Å². The smallest absolute Gasteiger partial charge is 0.248 e. The largest absolute Gasteiger partial charge is 0.324 e. The second kappa shape index (κ2) is 9.73. The van der Waals surface area contributed by atoms with Crippen molar-refractivity contribution in [1.29, 1.82) is 0 Å². The molecule has 0 spiro atoms. The summed E-state index contributed by atoms with van der Waals surface area (Å²) in [5, 5.41) is 2.86. The fourth-order valence-corrected chi connectivity index (χ4v) is 4.32. The summed E-state index contributed by atoms with van der Waals surface area (Å²) in [7, 11) is -3.62. The fraction of sp³-hybridized carbons (Fsp3) is 0.409. The van der Waals surface area contributed by atoms with Gasteiger partial charge in [0.05, 0.1) is 11.9 Å². The fourth-order valence-electron chi connectivity index (χ4n) is 3.11. The SMILES string of the molecule is CCCCc1ccc(NC(=O)[C@H](CC)N(c2ccc(C)cc2)S(C)(=O)=O)cc1. The number of unbranched alkanes of at least 4 members (excludes halogenated alkanes) is 1. The van der Waals surface area contributed by atoms with Gasteiger partial charge in [-0.25, -0.2) is 8.42 Å². The molecule has 0 unspecified atom stereocenters. The van der Waals surface area contributed by atoms with Crippen LogP contribution < -0.4 is 9.62 Å². The molecule has 1 atom stereocenters. The highest BCUT2D eigenvalue weighted by Gasteiger charge is 2.31. The van der Waals surface area contributed by atoms with Gasteiger partial charge in [-0.1, -0.05) is 50.1 Å². The molecule has 152 valence electrons. The second-order valence-electron chi connectivity index (χ2n) is 7.11. The van der Waals surface area contributed by atoms with Crippen molar-refractivity contribution in [1.82, 2.24) is 0 Å². The lowest BCUT2D eigenvalue weighted by molar-refractivity contribution is -0.117. The first kappa shape index (κ1) is 22.0. The number of rotatable bonds is 9. The van der Waals surface area contributed by atoms with Gasteiger partial charge in [-0.15, -0.1) is 0 Å². The average Bonchev–Trinajstić information content (AvgIpc) is 2.65. The number of nitrogens with zero attached hydrogens (tertiary/aromatic N) is 1. The molecule has 0 radical (unpaired) electrons. The maximum absolute atomic E-state index is 12.9. The Morgan fingerprint density at radius 1 is 1.04 bits per heavy atom. The van der Waals surface area contributed by atoms with Gasteiger partial charge < -0.3 is 5.32 Å². The van der Waals surface area contributed by atoms with Gasteiger partial charge in [0.1, 0.15) is 6.04 Å². The van der Waals surface area contributed by atoms with E-state index < -0.39 is 16.1 Å². The molecule has 1 N–H and O–H groups in total. The van der Waals surface area contributed by atoms with E-state index in [-0.39, 0.29) is 5.91 Å². The summed E-state index contributed by atoms with van der Waals surface area (Å²) < 4.78 is 26.1. The number of anilines is 2. The quantitative estimate of drug-likeness (QED) is 0.670. The van der Waals surface area contributed by atoms with Crippen LogP contribution in [-0.4, -0.2) is 26.6 Å². The highest BCUT2D eigenvalue weighted by Crippen LogP contribution is 2.24. The van der Waals surface area contributed by atoms with Crippen molar-refractivity contribution in [2.45, 2.75) is 52.5 Å². The van der Waals surface area contributed by atoms with E-state index in [1.807, 2.05) is 50.2 Å². The summed E-state index contributed by atoms with van der Waals surface area (Å²) in [6.07, 6.45) is 4.77. The van der Waals surface area contributed by atoms with Crippen LogP contribution in [0.3, 0.4) is 0 Å². The third-order valence-electron chi connectivity index (χ3n) is 4.66. The van der Waals surface area contributed by atoms with E-state index in [4.69, 9.17) is 0 Å². The Balaban J connectivity index is 2.23. The van der Waals surface area contributed by atoms with Crippen LogP contribution in [-0.2, 0) is 21.2 Å². The number of aryl methyl sites for hydroxylation is 2. The van der Waals surface area contributed by atoms with Gasteiger partial charge in [0, 0.05) is 5.69 Å². The summed E-state index contributed by atoms with van der Waals surface area (Å²) >= 11 is 0. The van der Waals surface area contributed by atoms with Gasteiger partial charge in [0.2, 0.25) is 15.9 Å². The second-order valence-corrected chi connectivity index (χ2v) is 8.97. The van der Waals surface area contributed by atoms with E-state index in [1.165, 1.54) is 9.87 Å². The van der Waals surface area contributed by atoms with E-state index in [0.29, 0.717) is 17.8 Å². The summed E-state index contributed by atoms with van der Waals surface area (Å²) in [5.41, 5.74) is 3.41. The zero-order valence-corrected chi connectivity index (χ0v) is 17.9. The standard InChI is InChI=1S/C22H30N2O3S/c1-5-7-8-18-11-13-19(14-12-18)23-22(25)21(6-2)24(28(4,26)27)20-15-9-17(3)10-16-20/h9-16,21H,5-8H2,1-4H3,(H,23,25)/t21-/m0/s1. The summed E-state index contributed by atoms with van der Waals surface area (Å²) in [6.45, 7) is 5.90. The number of amides is 1. The van der Waals surface area contributed by atoms with E-state index in [9.17, 15) is 13.2 Å². The van der Waals surface area contributed by atoms with Gasteiger partial charge in [-0.2, -0.15) is 0 Å². The molecule has 0 saturated carbocycles. The molecule has 0 aliphatic rings. The molecule has 0 aliphatic carbocycles. The first-order valence-corrected chi connectivity index (χ1v) is 11.6. The number of carbonyl (C=O) groups is 1. The molecule has 0 aromatic heterocycles. The van der Waals surface area contributed by atoms with E-state index >= 15 is 0 Å². The monoisotopic (exact) mass is 402 g/mol. The summed E-state index contributed by atoms with van der Waals surface area (Å²) in [4.78, 5) is 12.9. The zero-order valence-electron chi connectivity index (χ0n) is 17.1. The minimum Gasteiger partial charge on any atom is -0.324 e. The molecule has 0 bridgehead atoms. The molecule has 0 heterocycles. The van der Waals surface area contributed by atoms with Crippen LogP contribution >= 0.6 is 0 Å². The molecule has 0 fully saturated rings. The number of carbonyl (C=O) groups excluding carboxylic acids is 1. The molecular formula is C22H30N2O3S. The number of hydrogen-bond donors (Lipinski definition) is 1. The molecule has 5 nitrogen and oxygen atoms in total. The Morgan fingerprint density at radius 3 is 2.14 bits per heavy atom. The summed E-state index contributed by atoms with van der Waals surface area (Å²) in [6, 6.07) is 14.1. The van der Waals surface area contributed by atoms with Crippen molar-refractivity contribution in [2.75, 3.05) is 15.9 Å². The van der Waals surface area contributed by atoms with Crippen LogP contribution in [0.2, 0.25) is 0 Å². The van der Waals surface area contributed by atoms with Gasteiger partial charge in [0.15, 0.2) is 0 Å². The maximum Gasteiger partial charge on any atom is 0.248 e. The maximum atomic E-state index is 12.9. The van der Waals surface area contributed by atoms with Crippen molar-refractivity contribution >= 4 is 27.3 Å². The molecule has 0 aliphatic heterocycles. The number of nitrogens with one attached hydrogen (secondary N) is 1. The number of sulfonamides is 1. The van der Waals surface area contributed by atoms with Gasteiger partial charge in [0.25, 0.3) is 0 Å². The first-order chi connectivity index (χ1) is 13.3. The van der Waals surface area contributed by atoms with E-state index in [1.54, 1.807) is 12.1 Å². The van der Waals surface area contributed by atoms with Crippen molar-refractivity contribution in [3.8, 4) is 0 Å². The number of benzene rings is 2. The summed E-state index contributed by atoms with van der Waals surface area (Å²) in [5.74, 6) is -0.338. The Bertz CT molecular complexity index is 875. The predicted molar refractivity (Wildman–Crippen MR) is 116 cm³/mol. The van der Waals surface area contributed by atoms with Crippen molar-refractivity contribution in [3.05, 3.63) is 59.7 Å². The predicted octanol–water partition coefficient (Wildman–Crippen LogP) is 4.52. The average molecular weight is 403 g/mol. The highest BCUT2D eigenvalue weighted by molar-refractivity contribution is 7.92. The third-order valence-corrected chi connectivity index (χ3v) is 5.84. The lowest BCUT2D eigenvalue weighted by atomic mass is 10.1. The van der Waals surface area contributed by atoms with Gasteiger partial charge in [-0.05, 0) is 56.0 Å². The van der Waals surface area contributed by atoms with E-state index in [2.05, 4.69) is 12.2 Å². The van der Waals surface area contributed by atoms with Crippen molar-refractivity contribution < 1.29 is 13.2 Å². The minimum atomic E-state index is -3.62. The van der Waals surface area contributed by atoms with Crippen molar-refractivity contribution in [2.24, 2.45) is 0 Å². The molecule has 2 aromatic rings. The molecule has 28 heavy (non-hydrogen) atoms. The Labute approximate surface area is 168 Å². The van der Waals surface area contributed by atoms with Crippen LogP contribution in [0.4, 0.5) is 11.4 Å². The topological polar surface area (TPSA) is 66.5 Å². The lowest BCUT2D eigenvalue weighted by Crippen LogP contribution is -2.47. The normalized spacial score (nSPS) is 12.4.